The molecule has 0 fully saturated rings. The molecular weight excluding hydrogens is 180 g/mol. The van der Waals surface area contributed by atoms with Crippen LogP contribution in [-0.2, 0) is 4.74 Å². The van der Waals surface area contributed by atoms with Crippen LogP contribution in [0.15, 0.2) is 6.20 Å². The third-order valence-corrected chi connectivity index (χ3v) is 1.95. The second kappa shape index (κ2) is 4.76. The lowest BCUT2D eigenvalue weighted by Crippen LogP contribution is -2.19. The van der Waals surface area contributed by atoms with E-state index in [9.17, 15) is 0 Å². The molecule has 1 heterocycles. The van der Waals surface area contributed by atoms with Gasteiger partial charge in [-0.05, 0) is 13.8 Å². The molecule has 1 atom stereocenters. The number of hydrogen-bond acceptors (Lipinski definition) is 5. The van der Waals surface area contributed by atoms with Crippen molar-refractivity contribution in [1.82, 2.24) is 9.97 Å². The van der Waals surface area contributed by atoms with Gasteiger partial charge in [-0.15, -0.1) is 0 Å². The van der Waals surface area contributed by atoms with E-state index in [0.29, 0.717) is 6.54 Å². The second-order valence-corrected chi connectivity index (χ2v) is 3.19. The highest BCUT2D eigenvalue weighted by Gasteiger charge is 2.03. The molecule has 0 aliphatic heterocycles. The number of rotatable bonds is 4. The van der Waals surface area contributed by atoms with Gasteiger partial charge in [0.15, 0.2) is 0 Å². The molecule has 0 spiro atoms. The Balaban J connectivity index is 2.62. The first kappa shape index (κ1) is 10.7. The zero-order valence-corrected chi connectivity index (χ0v) is 8.74. The summed E-state index contributed by atoms with van der Waals surface area (Å²) in [6, 6.07) is 0. The van der Waals surface area contributed by atoms with E-state index in [1.54, 1.807) is 13.3 Å². The highest BCUT2D eigenvalue weighted by molar-refractivity contribution is 5.45. The molecule has 1 rings (SSSR count). The number of nitrogen functional groups attached to an aromatic ring is 1. The van der Waals surface area contributed by atoms with Crippen LogP contribution in [0.3, 0.4) is 0 Å². The van der Waals surface area contributed by atoms with E-state index in [-0.39, 0.29) is 12.1 Å². The second-order valence-electron chi connectivity index (χ2n) is 3.19. The summed E-state index contributed by atoms with van der Waals surface area (Å²) >= 11 is 0. The first-order valence-corrected chi connectivity index (χ1v) is 4.49. The van der Waals surface area contributed by atoms with Gasteiger partial charge in [-0.25, -0.2) is 4.98 Å². The number of aromatic nitrogens is 2. The SMILES string of the molecule is COC(C)CNc1nc(N)ncc1C. The normalized spacial score (nSPS) is 12.5. The molecule has 0 saturated heterocycles. The van der Waals surface area contributed by atoms with Crippen molar-refractivity contribution in [2.24, 2.45) is 0 Å². The molecule has 1 aromatic rings. The zero-order valence-electron chi connectivity index (χ0n) is 8.74. The van der Waals surface area contributed by atoms with Crippen LogP contribution in [0, 0.1) is 6.92 Å². The topological polar surface area (TPSA) is 73.1 Å². The maximum Gasteiger partial charge on any atom is 0.221 e. The molecule has 0 aliphatic carbocycles. The highest BCUT2D eigenvalue weighted by atomic mass is 16.5. The van der Waals surface area contributed by atoms with Crippen molar-refractivity contribution in [3.63, 3.8) is 0 Å². The van der Waals surface area contributed by atoms with Crippen LogP contribution in [0.5, 0.6) is 0 Å². The number of aryl methyl sites for hydroxylation is 1. The number of methoxy groups -OCH3 is 1. The summed E-state index contributed by atoms with van der Waals surface area (Å²) in [6.45, 7) is 4.61. The molecular formula is C9H16N4O. The van der Waals surface area contributed by atoms with Gasteiger partial charge >= 0.3 is 0 Å². The Labute approximate surface area is 83.7 Å². The Morgan fingerprint density at radius 2 is 2.36 bits per heavy atom. The lowest BCUT2D eigenvalue weighted by atomic mass is 10.3. The summed E-state index contributed by atoms with van der Waals surface area (Å²) in [7, 11) is 1.67. The molecule has 14 heavy (non-hydrogen) atoms. The zero-order chi connectivity index (χ0) is 10.6. The first-order valence-electron chi connectivity index (χ1n) is 4.49. The van der Waals surface area contributed by atoms with Gasteiger partial charge in [-0.1, -0.05) is 0 Å². The van der Waals surface area contributed by atoms with E-state index >= 15 is 0 Å². The Kier molecular flexibility index (Phi) is 3.64. The molecule has 5 nitrogen and oxygen atoms in total. The molecule has 0 saturated carbocycles. The summed E-state index contributed by atoms with van der Waals surface area (Å²) < 4.78 is 5.10. The number of nitrogens with one attached hydrogen (secondary N) is 1. The van der Waals surface area contributed by atoms with Crippen LogP contribution >= 0.6 is 0 Å². The van der Waals surface area contributed by atoms with Gasteiger partial charge in [0.05, 0.1) is 6.10 Å². The van der Waals surface area contributed by atoms with E-state index in [2.05, 4.69) is 15.3 Å². The van der Waals surface area contributed by atoms with Crippen LogP contribution in [0.25, 0.3) is 0 Å². The maximum atomic E-state index is 5.47. The van der Waals surface area contributed by atoms with E-state index in [0.717, 1.165) is 11.4 Å². The number of nitrogens with zero attached hydrogens (tertiary/aromatic N) is 2. The van der Waals surface area contributed by atoms with Gasteiger partial charge in [0.1, 0.15) is 5.82 Å². The molecule has 0 aliphatic rings. The van der Waals surface area contributed by atoms with Gasteiger partial charge in [0, 0.05) is 25.4 Å². The predicted octanol–water partition coefficient (Wildman–Crippen LogP) is 0.814. The Morgan fingerprint density at radius 3 is 3.00 bits per heavy atom. The van der Waals surface area contributed by atoms with Crippen molar-refractivity contribution in [2.75, 3.05) is 24.7 Å². The van der Waals surface area contributed by atoms with Crippen molar-refractivity contribution in [1.29, 1.82) is 0 Å². The van der Waals surface area contributed by atoms with Crippen molar-refractivity contribution in [3.05, 3.63) is 11.8 Å². The predicted molar refractivity (Wildman–Crippen MR) is 56.1 cm³/mol. The van der Waals surface area contributed by atoms with E-state index in [1.165, 1.54) is 0 Å². The molecule has 1 unspecified atom stereocenters. The molecule has 78 valence electrons. The third kappa shape index (κ3) is 2.85. The molecule has 0 bridgehead atoms. The molecule has 0 amide bonds. The van der Waals surface area contributed by atoms with E-state index in [4.69, 9.17) is 10.5 Å². The summed E-state index contributed by atoms with van der Waals surface area (Å²) in [4.78, 5) is 7.96. The average molecular weight is 196 g/mol. The van der Waals surface area contributed by atoms with Crippen molar-refractivity contribution < 1.29 is 4.74 Å². The van der Waals surface area contributed by atoms with Crippen LogP contribution < -0.4 is 11.1 Å². The van der Waals surface area contributed by atoms with Crippen LogP contribution in [-0.4, -0.2) is 29.7 Å². The summed E-state index contributed by atoms with van der Waals surface area (Å²) in [6.07, 6.45) is 1.84. The minimum Gasteiger partial charge on any atom is -0.380 e. The van der Waals surface area contributed by atoms with Crippen molar-refractivity contribution in [3.8, 4) is 0 Å². The minimum absolute atomic E-state index is 0.144. The van der Waals surface area contributed by atoms with Crippen LogP contribution in [0.1, 0.15) is 12.5 Å². The number of anilines is 2. The van der Waals surface area contributed by atoms with Crippen LogP contribution in [0.4, 0.5) is 11.8 Å². The van der Waals surface area contributed by atoms with E-state index in [1.807, 2.05) is 13.8 Å². The van der Waals surface area contributed by atoms with Crippen molar-refractivity contribution in [2.45, 2.75) is 20.0 Å². The summed E-state index contributed by atoms with van der Waals surface area (Å²) in [5.41, 5.74) is 6.45. The lowest BCUT2D eigenvalue weighted by Gasteiger charge is -2.12. The Bertz CT molecular complexity index is 303. The fraction of sp³-hybridized carbons (Fsp3) is 0.556. The minimum atomic E-state index is 0.144. The standard InChI is InChI=1S/C9H16N4O/c1-6-4-12-9(10)13-8(6)11-5-7(2)14-3/h4,7H,5H2,1-3H3,(H3,10,11,12,13). The number of ether oxygens (including phenoxy) is 1. The number of nitrogens with two attached hydrogens (primary N) is 1. The fourth-order valence-corrected chi connectivity index (χ4v) is 0.958. The van der Waals surface area contributed by atoms with Gasteiger partial charge in [-0.3, -0.25) is 0 Å². The van der Waals surface area contributed by atoms with Gasteiger partial charge < -0.3 is 15.8 Å². The Morgan fingerprint density at radius 1 is 1.64 bits per heavy atom. The molecule has 0 radical (unpaired) electrons. The molecule has 1 aromatic heterocycles. The monoisotopic (exact) mass is 196 g/mol. The van der Waals surface area contributed by atoms with E-state index < -0.39 is 0 Å². The largest absolute Gasteiger partial charge is 0.380 e. The Hall–Kier alpha value is -1.36. The molecule has 0 aromatic carbocycles. The lowest BCUT2D eigenvalue weighted by molar-refractivity contribution is 0.128. The molecule has 5 heteroatoms. The fourth-order valence-electron chi connectivity index (χ4n) is 0.958. The quantitative estimate of drug-likeness (QED) is 0.745. The van der Waals surface area contributed by atoms with Gasteiger partial charge in [-0.2, -0.15) is 4.98 Å². The summed E-state index contributed by atoms with van der Waals surface area (Å²) in [5.74, 6) is 1.05. The van der Waals surface area contributed by atoms with Gasteiger partial charge in [0.25, 0.3) is 0 Å². The first-order chi connectivity index (χ1) is 6.63. The maximum absolute atomic E-state index is 5.47. The highest BCUT2D eigenvalue weighted by Crippen LogP contribution is 2.10. The van der Waals surface area contributed by atoms with Crippen molar-refractivity contribution >= 4 is 11.8 Å². The third-order valence-electron chi connectivity index (χ3n) is 1.95. The van der Waals surface area contributed by atoms with Gasteiger partial charge in [0.2, 0.25) is 5.95 Å². The summed E-state index contributed by atoms with van der Waals surface area (Å²) in [5, 5.41) is 3.15. The van der Waals surface area contributed by atoms with Crippen LogP contribution in [0.2, 0.25) is 0 Å². The molecule has 3 N–H and O–H groups in total. The average Bonchev–Trinajstić information content (AvgIpc) is 2.19. The smallest absolute Gasteiger partial charge is 0.221 e. The number of hydrogen-bond donors (Lipinski definition) is 2.